The maximum Gasteiger partial charge on any atom is 0.324 e. The lowest BCUT2D eigenvalue weighted by Gasteiger charge is -2.19. The number of methoxy groups -OCH3 is 1. The quantitative estimate of drug-likeness (QED) is 0.491. The third-order valence-corrected chi connectivity index (χ3v) is 2.51. The predicted molar refractivity (Wildman–Crippen MR) is 48.2 cm³/mol. The molecule has 0 radical (unpaired) electrons. The normalized spacial score (nSPS) is 28.7. The average molecular weight is 187 g/mol. The van der Waals surface area contributed by atoms with Crippen molar-refractivity contribution in [1.82, 2.24) is 4.90 Å². The second-order valence-electron chi connectivity index (χ2n) is 3.73. The summed E-state index contributed by atoms with van der Waals surface area (Å²) in [6.45, 7) is 4.89. The molecule has 1 aliphatic heterocycles. The number of hydrogen-bond donors (Lipinski definition) is 1. The highest BCUT2D eigenvalue weighted by atomic mass is 16.5. The fraction of sp³-hybridized carbons (Fsp3) is 0.889. The average Bonchev–Trinajstić information content (AvgIpc) is 2.84. The Bertz CT molecular complexity index is 193. The van der Waals surface area contributed by atoms with Crippen molar-refractivity contribution in [2.75, 3.05) is 20.3 Å². The topological polar surface area (TPSA) is 49.5 Å². The Morgan fingerprint density at radius 2 is 2.31 bits per heavy atom. The van der Waals surface area contributed by atoms with Crippen molar-refractivity contribution in [2.45, 2.75) is 25.9 Å². The van der Waals surface area contributed by atoms with Gasteiger partial charge in [-0.1, -0.05) is 13.8 Å². The number of aliphatic hydroxyl groups is 1. The molecular weight excluding hydrogens is 170 g/mol. The van der Waals surface area contributed by atoms with Crippen molar-refractivity contribution >= 4 is 5.97 Å². The second-order valence-corrected chi connectivity index (χ2v) is 3.73. The first-order valence-electron chi connectivity index (χ1n) is 4.56. The molecule has 1 aliphatic rings. The molecule has 0 bridgehead atoms. The fourth-order valence-corrected chi connectivity index (χ4v) is 1.56. The molecule has 0 aromatic heterocycles. The van der Waals surface area contributed by atoms with Crippen LogP contribution in [-0.2, 0) is 9.53 Å². The van der Waals surface area contributed by atoms with E-state index in [1.807, 2.05) is 18.7 Å². The van der Waals surface area contributed by atoms with Crippen LogP contribution in [0.15, 0.2) is 0 Å². The zero-order valence-corrected chi connectivity index (χ0v) is 8.36. The largest absolute Gasteiger partial charge is 0.468 e. The van der Waals surface area contributed by atoms with Gasteiger partial charge in [-0.3, -0.25) is 9.69 Å². The predicted octanol–water partition coefficient (Wildman–Crippen LogP) is -0.140. The summed E-state index contributed by atoms with van der Waals surface area (Å²) in [4.78, 5) is 13.1. The van der Waals surface area contributed by atoms with Gasteiger partial charge >= 0.3 is 5.97 Å². The lowest BCUT2D eigenvalue weighted by atomic mass is 10.1. The Hall–Kier alpha value is -0.610. The number of aliphatic hydroxyl groups excluding tert-OH is 1. The first-order chi connectivity index (χ1) is 6.11. The van der Waals surface area contributed by atoms with Crippen LogP contribution in [0.4, 0.5) is 0 Å². The minimum absolute atomic E-state index is 0.0871. The monoisotopic (exact) mass is 187 g/mol. The van der Waals surface area contributed by atoms with Crippen LogP contribution in [0.1, 0.15) is 13.8 Å². The van der Waals surface area contributed by atoms with Gasteiger partial charge in [0.1, 0.15) is 6.04 Å². The van der Waals surface area contributed by atoms with Gasteiger partial charge in [0.2, 0.25) is 0 Å². The molecule has 0 amide bonds. The summed E-state index contributed by atoms with van der Waals surface area (Å²) in [5.74, 6) is 0.166. The van der Waals surface area contributed by atoms with E-state index < -0.39 is 0 Å². The molecule has 0 spiro atoms. The first kappa shape index (κ1) is 10.5. The third-order valence-electron chi connectivity index (χ3n) is 2.51. The molecule has 4 heteroatoms. The molecule has 13 heavy (non-hydrogen) atoms. The summed E-state index contributed by atoms with van der Waals surface area (Å²) in [5, 5.41) is 9.09. The molecule has 1 fully saturated rings. The van der Waals surface area contributed by atoms with Crippen molar-refractivity contribution < 1.29 is 14.6 Å². The van der Waals surface area contributed by atoms with E-state index in [9.17, 15) is 4.79 Å². The number of carbonyl (C=O) groups is 1. The minimum atomic E-state index is -0.195. The molecule has 0 aromatic carbocycles. The van der Waals surface area contributed by atoms with Gasteiger partial charge in [-0.2, -0.15) is 0 Å². The summed E-state index contributed by atoms with van der Waals surface area (Å²) >= 11 is 0. The van der Waals surface area contributed by atoms with Crippen molar-refractivity contribution in [3.8, 4) is 0 Å². The summed E-state index contributed by atoms with van der Waals surface area (Å²) in [6.07, 6.45) is 0. The van der Waals surface area contributed by atoms with Gasteiger partial charge in [0.15, 0.2) is 0 Å². The molecule has 1 heterocycles. The Morgan fingerprint density at radius 3 is 2.69 bits per heavy atom. The van der Waals surface area contributed by atoms with E-state index in [1.165, 1.54) is 7.11 Å². The molecule has 4 nitrogen and oxygen atoms in total. The van der Waals surface area contributed by atoms with Crippen molar-refractivity contribution in [3.63, 3.8) is 0 Å². The molecule has 0 aromatic rings. The lowest BCUT2D eigenvalue weighted by Crippen LogP contribution is -2.32. The summed E-state index contributed by atoms with van der Waals surface area (Å²) in [5.41, 5.74) is 0. The Balaban J connectivity index is 2.44. The van der Waals surface area contributed by atoms with Crippen LogP contribution >= 0.6 is 0 Å². The number of nitrogens with zero attached hydrogens (tertiary/aromatic N) is 1. The van der Waals surface area contributed by atoms with Gasteiger partial charge in [0.25, 0.3) is 0 Å². The fourth-order valence-electron chi connectivity index (χ4n) is 1.56. The van der Waals surface area contributed by atoms with Gasteiger partial charge < -0.3 is 9.84 Å². The van der Waals surface area contributed by atoms with E-state index in [0.717, 1.165) is 6.54 Å². The summed E-state index contributed by atoms with van der Waals surface area (Å²) < 4.78 is 4.62. The van der Waals surface area contributed by atoms with Crippen LogP contribution in [0, 0.1) is 5.92 Å². The lowest BCUT2D eigenvalue weighted by molar-refractivity contribution is -0.141. The number of carbonyl (C=O) groups excluding carboxylic acids is 1. The molecule has 0 saturated carbocycles. The zero-order chi connectivity index (χ0) is 10.0. The number of esters is 1. The molecular formula is C9H17NO3. The smallest absolute Gasteiger partial charge is 0.324 e. The van der Waals surface area contributed by atoms with E-state index in [4.69, 9.17) is 5.11 Å². The van der Waals surface area contributed by atoms with E-state index in [1.54, 1.807) is 0 Å². The van der Waals surface area contributed by atoms with Gasteiger partial charge in [-0.05, 0) is 5.92 Å². The number of rotatable bonds is 4. The molecule has 1 N–H and O–H groups in total. The third kappa shape index (κ3) is 2.19. The van der Waals surface area contributed by atoms with E-state index in [-0.39, 0.29) is 24.7 Å². The summed E-state index contributed by atoms with van der Waals surface area (Å²) in [6, 6.07) is -0.0337. The maximum atomic E-state index is 11.1. The maximum absolute atomic E-state index is 11.1. The van der Waals surface area contributed by atoms with E-state index in [0.29, 0.717) is 5.92 Å². The highest BCUT2D eigenvalue weighted by Gasteiger charge is 2.46. The van der Waals surface area contributed by atoms with Crippen LogP contribution in [-0.4, -0.2) is 48.3 Å². The van der Waals surface area contributed by atoms with Gasteiger partial charge in [0.05, 0.1) is 13.7 Å². The van der Waals surface area contributed by atoms with Crippen molar-refractivity contribution in [1.29, 1.82) is 0 Å². The highest BCUT2D eigenvalue weighted by molar-refractivity contribution is 5.79. The molecule has 0 aliphatic carbocycles. The standard InChI is InChI=1S/C9H17NO3/c1-6(2)8(5-11)10-4-7(10)9(12)13-3/h6-8,11H,4-5H2,1-3H3/t7-,8-,10?/m1/s1. The van der Waals surface area contributed by atoms with Crippen LogP contribution < -0.4 is 0 Å². The molecule has 76 valence electrons. The van der Waals surface area contributed by atoms with Crippen molar-refractivity contribution in [3.05, 3.63) is 0 Å². The van der Waals surface area contributed by atoms with E-state index in [2.05, 4.69) is 4.74 Å². The van der Waals surface area contributed by atoms with Gasteiger partial charge in [0, 0.05) is 12.6 Å². The summed E-state index contributed by atoms with van der Waals surface area (Å²) in [7, 11) is 1.39. The van der Waals surface area contributed by atoms with Crippen LogP contribution in [0.2, 0.25) is 0 Å². The SMILES string of the molecule is COC(=O)[C@H]1CN1[C@H](CO)C(C)C. The van der Waals surface area contributed by atoms with Crippen LogP contribution in [0.25, 0.3) is 0 Å². The van der Waals surface area contributed by atoms with Crippen LogP contribution in [0.5, 0.6) is 0 Å². The number of ether oxygens (including phenoxy) is 1. The molecule has 1 saturated heterocycles. The zero-order valence-electron chi connectivity index (χ0n) is 8.36. The van der Waals surface area contributed by atoms with Gasteiger partial charge in [-0.15, -0.1) is 0 Å². The Morgan fingerprint density at radius 1 is 1.69 bits per heavy atom. The molecule has 1 rings (SSSR count). The minimum Gasteiger partial charge on any atom is -0.468 e. The van der Waals surface area contributed by atoms with Crippen LogP contribution in [0.3, 0.4) is 0 Å². The Labute approximate surface area is 78.5 Å². The highest BCUT2D eigenvalue weighted by Crippen LogP contribution is 2.26. The van der Waals surface area contributed by atoms with E-state index >= 15 is 0 Å². The molecule has 3 atom stereocenters. The second kappa shape index (κ2) is 4.07. The number of hydrogen-bond acceptors (Lipinski definition) is 4. The van der Waals surface area contributed by atoms with Gasteiger partial charge in [-0.25, -0.2) is 0 Å². The Kier molecular flexibility index (Phi) is 3.27. The molecule has 1 unspecified atom stereocenters. The first-order valence-corrected chi connectivity index (χ1v) is 4.56. The van der Waals surface area contributed by atoms with Crippen molar-refractivity contribution in [2.24, 2.45) is 5.92 Å².